The molecule has 1 aliphatic heterocycles. The van der Waals surface area contributed by atoms with Gasteiger partial charge in [-0.25, -0.2) is 4.98 Å². The Kier molecular flexibility index (Phi) is 5.92. The molecule has 0 radical (unpaired) electrons. The Morgan fingerprint density at radius 1 is 1.21 bits per heavy atom. The maximum atomic E-state index is 12.6. The first-order valence-corrected chi connectivity index (χ1v) is 10.8. The number of carbonyl (C=O) groups excluding carboxylic acids is 1. The number of hydrogen-bond donors (Lipinski definition) is 2. The van der Waals surface area contributed by atoms with E-state index in [4.69, 9.17) is 0 Å². The molecule has 2 aromatic heterocycles. The van der Waals surface area contributed by atoms with Crippen LogP contribution in [0.1, 0.15) is 23.6 Å². The van der Waals surface area contributed by atoms with Gasteiger partial charge in [0.2, 0.25) is 5.91 Å². The number of aromatic nitrogens is 3. The summed E-state index contributed by atoms with van der Waals surface area (Å²) in [5.74, 6) is 1.67. The van der Waals surface area contributed by atoms with Gasteiger partial charge in [-0.15, -0.1) is 11.8 Å². The third-order valence-electron chi connectivity index (χ3n) is 5.28. The number of hydrogen-bond acceptors (Lipinski definition) is 4. The SMILES string of the molecule is C[C@H](SCC(=O)N1CC[NH+](Cc2ccncc2)CC1)c1nc2ccccc2[nH]1. The minimum Gasteiger partial charge on any atom is -0.341 e. The zero-order valence-electron chi connectivity index (χ0n) is 16.1. The van der Waals surface area contributed by atoms with Gasteiger partial charge in [-0.2, -0.15) is 0 Å². The molecule has 0 unspecified atom stereocenters. The highest BCUT2D eigenvalue weighted by atomic mass is 32.2. The van der Waals surface area contributed by atoms with E-state index in [0.717, 1.165) is 49.6 Å². The molecule has 7 heteroatoms. The third-order valence-corrected chi connectivity index (χ3v) is 6.41. The van der Waals surface area contributed by atoms with Crippen molar-refractivity contribution in [1.82, 2.24) is 19.9 Å². The molecule has 0 saturated carbocycles. The number of imidazole rings is 1. The average Bonchev–Trinajstić information content (AvgIpc) is 3.17. The molecule has 146 valence electrons. The Morgan fingerprint density at radius 2 is 1.96 bits per heavy atom. The van der Waals surface area contributed by atoms with Crippen molar-refractivity contribution in [1.29, 1.82) is 0 Å². The minimum absolute atomic E-state index is 0.162. The van der Waals surface area contributed by atoms with Crippen LogP contribution in [0.3, 0.4) is 0 Å². The molecule has 1 saturated heterocycles. The molecule has 4 rings (SSSR count). The van der Waals surface area contributed by atoms with Crippen molar-refractivity contribution < 1.29 is 9.69 Å². The van der Waals surface area contributed by atoms with E-state index in [9.17, 15) is 4.79 Å². The van der Waals surface area contributed by atoms with E-state index in [2.05, 4.69) is 34.0 Å². The van der Waals surface area contributed by atoms with E-state index in [1.807, 2.05) is 41.6 Å². The van der Waals surface area contributed by atoms with Crippen molar-refractivity contribution in [3.63, 3.8) is 0 Å². The number of H-pyrrole nitrogens is 1. The smallest absolute Gasteiger partial charge is 0.233 e. The molecule has 1 amide bonds. The number of aromatic amines is 1. The van der Waals surface area contributed by atoms with Crippen LogP contribution in [-0.4, -0.2) is 57.7 Å². The molecule has 1 fully saturated rings. The predicted molar refractivity (Wildman–Crippen MR) is 112 cm³/mol. The number of pyridine rings is 1. The van der Waals surface area contributed by atoms with Gasteiger partial charge >= 0.3 is 0 Å². The first-order valence-electron chi connectivity index (χ1n) is 9.75. The molecule has 3 aromatic rings. The molecular weight excluding hydrogens is 370 g/mol. The maximum Gasteiger partial charge on any atom is 0.233 e. The van der Waals surface area contributed by atoms with Gasteiger partial charge < -0.3 is 14.8 Å². The van der Waals surface area contributed by atoms with Gasteiger partial charge in [-0.1, -0.05) is 12.1 Å². The monoisotopic (exact) mass is 396 g/mol. The summed E-state index contributed by atoms with van der Waals surface area (Å²) < 4.78 is 0. The highest BCUT2D eigenvalue weighted by Crippen LogP contribution is 2.27. The number of amides is 1. The summed E-state index contributed by atoms with van der Waals surface area (Å²) in [6, 6.07) is 12.2. The van der Waals surface area contributed by atoms with Crippen LogP contribution >= 0.6 is 11.8 Å². The number of fused-ring (bicyclic) bond motifs is 1. The lowest BCUT2D eigenvalue weighted by molar-refractivity contribution is -0.917. The van der Waals surface area contributed by atoms with Crippen LogP contribution in [0.15, 0.2) is 48.8 Å². The normalized spacial score (nSPS) is 16.4. The van der Waals surface area contributed by atoms with Crippen molar-refractivity contribution in [2.45, 2.75) is 18.7 Å². The Hall–Kier alpha value is -2.38. The Morgan fingerprint density at radius 3 is 2.71 bits per heavy atom. The zero-order valence-corrected chi connectivity index (χ0v) is 16.9. The molecule has 1 aromatic carbocycles. The highest BCUT2D eigenvalue weighted by molar-refractivity contribution is 8.00. The van der Waals surface area contributed by atoms with Gasteiger partial charge in [0.15, 0.2) is 0 Å². The summed E-state index contributed by atoms with van der Waals surface area (Å²) in [7, 11) is 0. The molecule has 1 atom stereocenters. The fraction of sp³-hybridized carbons (Fsp3) is 0.381. The van der Waals surface area contributed by atoms with E-state index < -0.39 is 0 Å². The number of rotatable bonds is 6. The van der Waals surface area contributed by atoms with Gasteiger partial charge in [0, 0.05) is 18.0 Å². The molecule has 6 nitrogen and oxygen atoms in total. The summed E-state index contributed by atoms with van der Waals surface area (Å²) in [5.41, 5.74) is 3.33. The summed E-state index contributed by atoms with van der Waals surface area (Å²) in [6.07, 6.45) is 3.68. The van der Waals surface area contributed by atoms with Gasteiger partial charge in [0.1, 0.15) is 12.4 Å². The Labute approximate surface area is 169 Å². The van der Waals surface area contributed by atoms with E-state index in [1.165, 1.54) is 10.5 Å². The molecule has 1 aliphatic rings. The van der Waals surface area contributed by atoms with Crippen molar-refractivity contribution in [3.05, 3.63) is 60.2 Å². The number of benzene rings is 1. The van der Waals surface area contributed by atoms with E-state index in [-0.39, 0.29) is 11.2 Å². The van der Waals surface area contributed by atoms with Crippen LogP contribution in [0.2, 0.25) is 0 Å². The first-order chi connectivity index (χ1) is 13.7. The van der Waals surface area contributed by atoms with Gasteiger partial charge in [0.05, 0.1) is 48.2 Å². The number of para-hydroxylation sites is 2. The summed E-state index contributed by atoms with van der Waals surface area (Å²) in [4.78, 5) is 28.2. The number of nitrogens with zero attached hydrogens (tertiary/aromatic N) is 3. The quantitative estimate of drug-likeness (QED) is 0.665. The maximum absolute atomic E-state index is 12.6. The van der Waals surface area contributed by atoms with Crippen LogP contribution in [0.25, 0.3) is 11.0 Å². The number of quaternary nitrogens is 1. The van der Waals surface area contributed by atoms with Gasteiger partial charge in [0.25, 0.3) is 0 Å². The van der Waals surface area contributed by atoms with Crippen molar-refractivity contribution >= 4 is 28.7 Å². The molecule has 28 heavy (non-hydrogen) atoms. The highest BCUT2D eigenvalue weighted by Gasteiger charge is 2.24. The van der Waals surface area contributed by atoms with Crippen LogP contribution in [0, 0.1) is 0 Å². The van der Waals surface area contributed by atoms with Gasteiger partial charge in [-0.05, 0) is 31.2 Å². The fourth-order valence-electron chi connectivity index (χ4n) is 3.57. The van der Waals surface area contributed by atoms with Crippen LogP contribution in [-0.2, 0) is 11.3 Å². The van der Waals surface area contributed by atoms with Crippen molar-refractivity contribution in [2.75, 3.05) is 31.9 Å². The topological polar surface area (TPSA) is 66.3 Å². The van der Waals surface area contributed by atoms with Crippen LogP contribution in [0.4, 0.5) is 0 Å². The summed E-state index contributed by atoms with van der Waals surface area (Å²) >= 11 is 1.65. The Bertz CT molecular complexity index is 888. The molecule has 3 heterocycles. The standard InChI is InChI=1S/C21H25N5OS/c1-16(21-23-18-4-2-3-5-19(18)24-21)28-15-20(27)26-12-10-25(11-13-26)14-17-6-8-22-9-7-17/h2-9,16H,10-15H2,1H3,(H,23,24)/p+1/t16-/m0/s1. The lowest BCUT2D eigenvalue weighted by atomic mass is 10.2. The average molecular weight is 397 g/mol. The second kappa shape index (κ2) is 8.75. The number of carbonyl (C=O) groups is 1. The summed E-state index contributed by atoms with van der Waals surface area (Å²) in [5, 5.41) is 0.162. The zero-order chi connectivity index (χ0) is 19.3. The lowest BCUT2D eigenvalue weighted by Gasteiger charge is -2.32. The Balaban J connectivity index is 1.24. The number of piperazine rings is 1. The second-order valence-corrected chi connectivity index (χ2v) is 8.58. The van der Waals surface area contributed by atoms with Crippen LogP contribution in [0.5, 0.6) is 0 Å². The molecule has 2 N–H and O–H groups in total. The summed E-state index contributed by atoms with van der Waals surface area (Å²) in [6.45, 7) is 6.77. The minimum atomic E-state index is 0.162. The first kappa shape index (κ1) is 19.0. The van der Waals surface area contributed by atoms with E-state index in [1.54, 1.807) is 11.8 Å². The third kappa shape index (κ3) is 4.54. The van der Waals surface area contributed by atoms with Gasteiger partial charge in [-0.3, -0.25) is 9.78 Å². The second-order valence-electron chi connectivity index (χ2n) is 7.26. The molecular formula is C21H26N5OS+. The molecule has 0 bridgehead atoms. The van der Waals surface area contributed by atoms with Crippen molar-refractivity contribution in [2.24, 2.45) is 0 Å². The van der Waals surface area contributed by atoms with Crippen LogP contribution < -0.4 is 4.90 Å². The number of nitrogens with one attached hydrogen (secondary N) is 2. The van der Waals surface area contributed by atoms with E-state index >= 15 is 0 Å². The largest absolute Gasteiger partial charge is 0.341 e. The number of thioether (sulfide) groups is 1. The predicted octanol–water partition coefficient (Wildman–Crippen LogP) is 1.68. The molecule has 0 spiro atoms. The van der Waals surface area contributed by atoms with Crippen molar-refractivity contribution in [3.8, 4) is 0 Å². The fourth-order valence-corrected chi connectivity index (χ4v) is 4.41. The molecule has 0 aliphatic carbocycles. The lowest BCUT2D eigenvalue weighted by Crippen LogP contribution is -3.13. The van der Waals surface area contributed by atoms with E-state index in [0.29, 0.717) is 5.75 Å².